The van der Waals surface area contributed by atoms with Crippen molar-refractivity contribution in [3.8, 4) is 6.07 Å². The first-order valence-corrected chi connectivity index (χ1v) is 8.13. The summed E-state index contributed by atoms with van der Waals surface area (Å²) in [5.41, 5.74) is 0.895. The molecule has 0 aliphatic carbocycles. The molecule has 0 amide bonds. The van der Waals surface area contributed by atoms with Gasteiger partial charge in [0.25, 0.3) is 0 Å². The van der Waals surface area contributed by atoms with E-state index < -0.39 is 17.9 Å². The lowest BCUT2D eigenvalue weighted by Gasteiger charge is -2.27. The van der Waals surface area contributed by atoms with Crippen LogP contribution in [0.4, 0.5) is 0 Å². The molecule has 126 valence electrons. The third-order valence-corrected chi connectivity index (χ3v) is 4.92. The van der Waals surface area contributed by atoms with Crippen molar-refractivity contribution >= 4 is 33.5 Å². The van der Waals surface area contributed by atoms with Crippen molar-refractivity contribution in [1.29, 1.82) is 5.26 Å². The highest BCUT2D eigenvalue weighted by Gasteiger charge is 2.39. The number of hydrogen-bond acceptors (Lipinski definition) is 7. The van der Waals surface area contributed by atoms with Crippen LogP contribution in [0.5, 0.6) is 0 Å². The van der Waals surface area contributed by atoms with Gasteiger partial charge in [-0.15, -0.1) is 11.3 Å². The predicted octanol–water partition coefficient (Wildman–Crippen LogP) is 2.29. The average Bonchev–Trinajstić information content (AvgIpc) is 3.03. The largest absolute Gasteiger partial charge is 0.478 e. The van der Waals surface area contributed by atoms with Crippen molar-refractivity contribution in [2.24, 2.45) is 0 Å². The minimum Gasteiger partial charge on any atom is -0.478 e. The second kappa shape index (κ2) is 6.37. The second-order valence-electron chi connectivity index (χ2n) is 5.34. The number of ether oxygens (including phenoxy) is 1. The van der Waals surface area contributed by atoms with Gasteiger partial charge in [0.05, 0.1) is 24.2 Å². The molecule has 1 unspecified atom stereocenters. The van der Waals surface area contributed by atoms with Crippen LogP contribution in [0.3, 0.4) is 0 Å². The van der Waals surface area contributed by atoms with E-state index in [-0.39, 0.29) is 16.8 Å². The molecule has 2 aromatic rings. The van der Waals surface area contributed by atoms with E-state index in [1.54, 1.807) is 24.6 Å². The summed E-state index contributed by atoms with van der Waals surface area (Å²) < 4.78 is 4.81. The van der Waals surface area contributed by atoms with Gasteiger partial charge in [0.2, 0.25) is 0 Å². The van der Waals surface area contributed by atoms with Crippen molar-refractivity contribution in [1.82, 2.24) is 10.3 Å². The number of hydrogen-bond donors (Lipinski definition) is 2. The molecular weight excluding hydrogens is 342 g/mol. The highest BCUT2D eigenvalue weighted by atomic mass is 32.1. The Kier molecular flexibility index (Phi) is 4.25. The molecule has 8 heteroatoms. The number of fused-ring (bicyclic) bond motifs is 1. The summed E-state index contributed by atoms with van der Waals surface area (Å²) >= 11 is 1.35. The zero-order valence-corrected chi connectivity index (χ0v) is 14.2. The fourth-order valence-corrected chi connectivity index (χ4v) is 3.89. The number of esters is 1. The van der Waals surface area contributed by atoms with Crippen LogP contribution in [-0.2, 0) is 14.3 Å². The SMILES string of the molecule is COC(=O)C1=C(C#N)NC(C)=C(C(=O)O)C1c1csc2ncccc12. The van der Waals surface area contributed by atoms with Gasteiger partial charge in [-0.25, -0.2) is 14.6 Å². The molecule has 0 radical (unpaired) electrons. The van der Waals surface area contributed by atoms with Gasteiger partial charge < -0.3 is 15.2 Å². The van der Waals surface area contributed by atoms with Crippen LogP contribution in [0.25, 0.3) is 10.2 Å². The number of allylic oxidation sites excluding steroid dienone is 2. The fourth-order valence-electron chi connectivity index (χ4n) is 2.95. The molecule has 2 N–H and O–H groups in total. The standard InChI is InChI=1S/C17H13N3O4S/c1-8-12(16(21)22)13(14(17(23)24-2)11(6-18)20-8)10-7-25-15-9(10)4-3-5-19-15/h3-5,7,13,20H,1-2H3,(H,21,22). The minimum atomic E-state index is -1.17. The second-order valence-corrected chi connectivity index (χ2v) is 6.20. The highest BCUT2D eigenvalue weighted by Crippen LogP contribution is 2.42. The third-order valence-electron chi connectivity index (χ3n) is 4.00. The molecule has 0 saturated heterocycles. The van der Waals surface area contributed by atoms with Crippen molar-refractivity contribution in [3.05, 3.63) is 51.8 Å². The Labute approximate surface area is 146 Å². The van der Waals surface area contributed by atoms with Crippen molar-refractivity contribution in [3.63, 3.8) is 0 Å². The van der Waals surface area contributed by atoms with Crippen molar-refractivity contribution in [2.75, 3.05) is 7.11 Å². The Hall–Kier alpha value is -3.18. The van der Waals surface area contributed by atoms with E-state index in [4.69, 9.17) is 4.74 Å². The summed E-state index contributed by atoms with van der Waals surface area (Å²) in [6, 6.07) is 5.48. The highest BCUT2D eigenvalue weighted by molar-refractivity contribution is 7.16. The number of rotatable bonds is 3. The average molecular weight is 355 g/mol. The summed E-state index contributed by atoms with van der Waals surface area (Å²) in [4.78, 5) is 29.2. The zero-order valence-electron chi connectivity index (χ0n) is 13.4. The van der Waals surface area contributed by atoms with E-state index in [1.807, 2.05) is 12.1 Å². The minimum absolute atomic E-state index is 0.00273. The molecule has 3 rings (SSSR count). The van der Waals surface area contributed by atoms with Crippen LogP contribution in [-0.4, -0.2) is 29.1 Å². The number of carboxylic acid groups (broad SMARTS) is 1. The van der Waals surface area contributed by atoms with Crippen LogP contribution in [0.1, 0.15) is 18.4 Å². The molecule has 0 aromatic carbocycles. The summed E-state index contributed by atoms with van der Waals surface area (Å²) in [5.74, 6) is -2.83. The molecule has 1 aliphatic rings. The summed E-state index contributed by atoms with van der Waals surface area (Å²) in [7, 11) is 1.19. The molecule has 0 spiro atoms. The first kappa shape index (κ1) is 16.7. The molecule has 2 aromatic heterocycles. The Morgan fingerprint density at radius 3 is 2.84 bits per heavy atom. The number of pyridine rings is 1. The smallest absolute Gasteiger partial charge is 0.337 e. The fraction of sp³-hybridized carbons (Fsp3) is 0.176. The van der Waals surface area contributed by atoms with Gasteiger partial charge in [0, 0.05) is 17.3 Å². The van der Waals surface area contributed by atoms with E-state index in [0.29, 0.717) is 11.3 Å². The number of carbonyl (C=O) groups excluding carboxylic acids is 1. The molecule has 1 atom stereocenters. The van der Waals surface area contributed by atoms with Gasteiger partial charge in [0.1, 0.15) is 16.6 Å². The number of aliphatic carboxylic acids is 1. The summed E-state index contributed by atoms with van der Waals surface area (Å²) in [6.07, 6.45) is 1.64. The number of carboxylic acids is 1. The molecule has 7 nitrogen and oxygen atoms in total. The summed E-state index contributed by atoms with van der Waals surface area (Å²) in [6.45, 7) is 1.56. The number of nitrogens with one attached hydrogen (secondary N) is 1. The van der Waals surface area contributed by atoms with Crippen molar-refractivity contribution < 1.29 is 19.4 Å². The Morgan fingerprint density at radius 2 is 2.20 bits per heavy atom. The summed E-state index contributed by atoms with van der Waals surface area (Å²) in [5, 5.41) is 24.3. The van der Waals surface area contributed by atoms with Crippen molar-refractivity contribution in [2.45, 2.75) is 12.8 Å². The number of methoxy groups -OCH3 is 1. The van der Waals surface area contributed by atoms with Crippen LogP contribution < -0.4 is 5.32 Å². The molecule has 0 bridgehead atoms. The van der Waals surface area contributed by atoms with E-state index in [2.05, 4.69) is 10.3 Å². The van der Waals surface area contributed by atoms with Crippen LogP contribution in [0, 0.1) is 11.3 Å². The van der Waals surface area contributed by atoms with E-state index in [0.717, 1.165) is 10.2 Å². The Bertz CT molecular complexity index is 997. The predicted molar refractivity (Wildman–Crippen MR) is 90.5 cm³/mol. The Balaban J connectivity index is 2.34. The number of aromatic nitrogens is 1. The first-order chi connectivity index (χ1) is 12.0. The topological polar surface area (TPSA) is 112 Å². The van der Waals surface area contributed by atoms with Gasteiger partial charge in [-0.1, -0.05) is 6.07 Å². The third kappa shape index (κ3) is 2.64. The lowest BCUT2D eigenvalue weighted by Crippen LogP contribution is -2.31. The van der Waals surface area contributed by atoms with Crippen LogP contribution in [0.15, 0.2) is 46.2 Å². The number of nitrogens with zero attached hydrogens (tertiary/aromatic N) is 2. The number of dihydropyridines is 1. The maximum absolute atomic E-state index is 12.4. The van der Waals surface area contributed by atoms with E-state index >= 15 is 0 Å². The quantitative estimate of drug-likeness (QED) is 0.812. The molecule has 1 aliphatic heterocycles. The van der Waals surface area contributed by atoms with Crippen LogP contribution in [0.2, 0.25) is 0 Å². The van der Waals surface area contributed by atoms with E-state index in [9.17, 15) is 20.0 Å². The molecule has 25 heavy (non-hydrogen) atoms. The lowest BCUT2D eigenvalue weighted by molar-refractivity contribution is -0.136. The van der Waals surface area contributed by atoms with E-state index in [1.165, 1.54) is 18.4 Å². The first-order valence-electron chi connectivity index (χ1n) is 7.25. The molecule has 0 saturated carbocycles. The normalized spacial score (nSPS) is 17.2. The lowest BCUT2D eigenvalue weighted by atomic mass is 9.80. The molecule has 0 fully saturated rings. The van der Waals surface area contributed by atoms with Crippen LogP contribution >= 0.6 is 11.3 Å². The number of nitriles is 1. The maximum atomic E-state index is 12.4. The van der Waals surface area contributed by atoms with Gasteiger partial charge >= 0.3 is 11.9 Å². The zero-order chi connectivity index (χ0) is 18.1. The van der Waals surface area contributed by atoms with Gasteiger partial charge in [-0.2, -0.15) is 5.26 Å². The monoisotopic (exact) mass is 355 g/mol. The molecule has 3 heterocycles. The number of carbonyl (C=O) groups is 2. The Morgan fingerprint density at radius 1 is 1.44 bits per heavy atom. The van der Waals surface area contributed by atoms with Gasteiger partial charge in [-0.05, 0) is 23.9 Å². The molecular formula is C17H13N3O4S. The van der Waals surface area contributed by atoms with Gasteiger partial charge in [0.15, 0.2) is 0 Å². The maximum Gasteiger partial charge on any atom is 0.337 e. The number of thiophene rings is 1. The van der Waals surface area contributed by atoms with Gasteiger partial charge in [-0.3, -0.25) is 0 Å².